The molecule has 4 nitrogen and oxygen atoms in total. The van der Waals surface area contributed by atoms with Crippen molar-refractivity contribution in [1.29, 1.82) is 0 Å². The number of aromatic nitrogens is 2. The molecule has 3 rings (SSSR count). The molecule has 1 aliphatic heterocycles. The molecule has 0 amide bonds. The van der Waals surface area contributed by atoms with Crippen molar-refractivity contribution in [2.45, 2.75) is 25.2 Å². The zero-order valence-corrected chi connectivity index (χ0v) is 11.8. The second-order valence-electron chi connectivity index (χ2n) is 4.84. The van der Waals surface area contributed by atoms with E-state index in [0.717, 1.165) is 34.7 Å². The molecule has 3 heterocycles. The molecular weight excluding hydrogens is 292 g/mol. The molecule has 96 valence electrons. The molecule has 3 N–H and O–H groups in total. The van der Waals surface area contributed by atoms with Gasteiger partial charge in [-0.15, -0.1) is 0 Å². The van der Waals surface area contributed by atoms with Crippen LogP contribution in [0.15, 0.2) is 22.9 Å². The first-order valence-electron chi connectivity index (χ1n) is 6.40. The summed E-state index contributed by atoms with van der Waals surface area (Å²) in [6.45, 7) is 2.11. The normalized spacial score (nSPS) is 21.1. The summed E-state index contributed by atoms with van der Waals surface area (Å²) in [4.78, 5) is 4.68. The lowest BCUT2D eigenvalue weighted by Crippen LogP contribution is -2.20. The van der Waals surface area contributed by atoms with Crippen LogP contribution in [0.2, 0.25) is 0 Å². The van der Waals surface area contributed by atoms with Crippen LogP contribution in [0.4, 0.5) is 5.69 Å². The first kappa shape index (κ1) is 12.0. The number of hydrogen-bond donors (Lipinski definition) is 2. The van der Waals surface area contributed by atoms with Crippen LogP contribution in [0.25, 0.3) is 5.52 Å². The van der Waals surface area contributed by atoms with Crippen molar-refractivity contribution in [3.63, 3.8) is 0 Å². The van der Waals surface area contributed by atoms with E-state index in [2.05, 4.69) is 30.6 Å². The van der Waals surface area contributed by atoms with E-state index in [4.69, 9.17) is 5.73 Å². The second kappa shape index (κ2) is 4.90. The summed E-state index contributed by atoms with van der Waals surface area (Å²) in [5, 5.41) is 3.48. The summed E-state index contributed by atoms with van der Waals surface area (Å²) >= 11 is 3.52. The molecule has 1 aliphatic rings. The molecule has 1 unspecified atom stereocenters. The summed E-state index contributed by atoms with van der Waals surface area (Å²) in [7, 11) is 0. The van der Waals surface area contributed by atoms with Crippen molar-refractivity contribution in [3.8, 4) is 0 Å². The number of halogens is 1. The number of nitrogens with two attached hydrogens (primary N) is 1. The van der Waals surface area contributed by atoms with Gasteiger partial charge in [0.05, 0.1) is 5.69 Å². The Morgan fingerprint density at radius 3 is 3.22 bits per heavy atom. The van der Waals surface area contributed by atoms with Gasteiger partial charge in [-0.05, 0) is 47.4 Å². The number of nitrogens with one attached hydrogen (secondary N) is 1. The highest BCUT2D eigenvalue weighted by atomic mass is 79.9. The molecule has 0 bridgehead atoms. The molecule has 0 aromatic carbocycles. The van der Waals surface area contributed by atoms with Gasteiger partial charge in [-0.3, -0.25) is 0 Å². The van der Waals surface area contributed by atoms with Gasteiger partial charge in [-0.1, -0.05) is 6.42 Å². The average Bonchev–Trinajstić information content (AvgIpc) is 2.56. The highest BCUT2D eigenvalue weighted by molar-refractivity contribution is 9.10. The van der Waals surface area contributed by atoms with Crippen molar-refractivity contribution >= 4 is 27.1 Å². The Morgan fingerprint density at radius 2 is 2.33 bits per heavy atom. The van der Waals surface area contributed by atoms with Gasteiger partial charge in [0.25, 0.3) is 0 Å². The number of pyridine rings is 1. The first-order chi connectivity index (χ1) is 8.77. The number of anilines is 1. The van der Waals surface area contributed by atoms with Gasteiger partial charge in [0.2, 0.25) is 0 Å². The fourth-order valence-corrected chi connectivity index (χ4v) is 3.27. The van der Waals surface area contributed by atoms with Crippen molar-refractivity contribution in [1.82, 2.24) is 14.7 Å². The zero-order valence-electron chi connectivity index (χ0n) is 10.2. The van der Waals surface area contributed by atoms with Crippen LogP contribution in [0.5, 0.6) is 0 Å². The molecule has 0 spiro atoms. The topological polar surface area (TPSA) is 55.4 Å². The molecule has 1 atom stereocenters. The largest absolute Gasteiger partial charge is 0.397 e. The third kappa shape index (κ3) is 2.01. The van der Waals surface area contributed by atoms with Gasteiger partial charge in [0, 0.05) is 18.7 Å². The summed E-state index contributed by atoms with van der Waals surface area (Å²) in [6.07, 6.45) is 5.74. The number of hydrogen-bond acceptors (Lipinski definition) is 3. The highest BCUT2D eigenvalue weighted by Gasteiger charge is 2.21. The van der Waals surface area contributed by atoms with E-state index in [1.807, 2.05) is 18.3 Å². The van der Waals surface area contributed by atoms with Crippen LogP contribution in [0.1, 0.15) is 31.0 Å². The van der Waals surface area contributed by atoms with Gasteiger partial charge in [-0.2, -0.15) is 0 Å². The number of nitrogen functional groups attached to an aromatic ring is 1. The SMILES string of the molecule is Nc1cccn2c(C3CCCCNC3)nc(Br)c12. The monoisotopic (exact) mass is 308 g/mol. The van der Waals surface area contributed by atoms with E-state index in [1.165, 1.54) is 19.3 Å². The number of nitrogens with zero attached hydrogens (tertiary/aromatic N) is 2. The lowest BCUT2D eigenvalue weighted by Gasteiger charge is -2.13. The summed E-state index contributed by atoms with van der Waals surface area (Å²) < 4.78 is 2.97. The van der Waals surface area contributed by atoms with Crippen molar-refractivity contribution < 1.29 is 0 Å². The van der Waals surface area contributed by atoms with Crippen molar-refractivity contribution in [2.75, 3.05) is 18.8 Å². The van der Waals surface area contributed by atoms with E-state index >= 15 is 0 Å². The average molecular weight is 309 g/mol. The molecule has 0 aliphatic carbocycles. The summed E-state index contributed by atoms with van der Waals surface area (Å²) in [5.74, 6) is 1.58. The number of rotatable bonds is 1. The van der Waals surface area contributed by atoms with Crippen molar-refractivity contribution in [2.24, 2.45) is 0 Å². The molecule has 0 saturated carbocycles. The second-order valence-corrected chi connectivity index (χ2v) is 5.59. The Bertz CT molecular complexity index is 555. The molecule has 1 saturated heterocycles. The van der Waals surface area contributed by atoms with Crippen LogP contribution in [-0.2, 0) is 0 Å². The molecule has 2 aromatic rings. The van der Waals surface area contributed by atoms with Crippen LogP contribution < -0.4 is 11.1 Å². The van der Waals surface area contributed by atoms with Crippen LogP contribution in [0, 0.1) is 0 Å². The number of imidazole rings is 1. The molecule has 5 heteroatoms. The number of fused-ring (bicyclic) bond motifs is 1. The Labute approximate surface area is 115 Å². The minimum absolute atomic E-state index is 0.466. The minimum atomic E-state index is 0.466. The lowest BCUT2D eigenvalue weighted by molar-refractivity contribution is 0.575. The molecule has 1 fully saturated rings. The smallest absolute Gasteiger partial charge is 0.134 e. The Morgan fingerprint density at radius 1 is 1.44 bits per heavy atom. The van der Waals surface area contributed by atoms with Gasteiger partial charge in [-0.25, -0.2) is 4.98 Å². The Kier molecular flexibility index (Phi) is 3.26. The maximum atomic E-state index is 6.02. The van der Waals surface area contributed by atoms with E-state index in [1.54, 1.807) is 0 Å². The fraction of sp³-hybridized carbons (Fsp3) is 0.462. The Balaban J connectivity index is 2.08. The van der Waals surface area contributed by atoms with E-state index in [-0.39, 0.29) is 0 Å². The summed E-state index contributed by atoms with van der Waals surface area (Å²) in [6, 6.07) is 3.89. The van der Waals surface area contributed by atoms with Gasteiger partial charge < -0.3 is 15.5 Å². The van der Waals surface area contributed by atoms with Crippen LogP contribution in [-0.4, -0.2) is 22.5 Å². The standard InChI is InChI=1S/C13H17BrN4/c14-12-11-10(15)5-3-7-18(11)13(17-12)9-4-1-2-6-16-8-9/h3,5,7,9,16H,1-2,4,6,8,15H2. The third-order valence-corrected chi connectivity index (χ3v) is 4.15. The van der Waals surface area contributed by atoms with E-state index in [9.17, 15) is 0 Å². The molecule has 0 radical (unpaired) electrons. The predicted molar refractivity (Wildman–Crippen MR) is 76.8 cm³/mol. The maximum Gasteiger partial charge on any atom is 0.134 e. The van der Waals surface area contributed by atoms with Crippen LogP contribution in [0.3, 0.4) is 0 Å². The predicted octanol–water partition coefficient (Wildman–Crippen LogP) is 2.54. The zero-order chi connectivity index (χ0) is 12.5. The quantitative estimate of drug-likeness (QED) is 0.851. The van der Waals surface area contributed by atoms with Crippen LogP contribution >= 0.6 is 15.9 Å². The lowest BCUT2D eigenvalue weighted by atomic mass is 10.0. The maximum absolute atomic E-state index is 6.02. The van der Waals surface area contributed by atoms with Gasteiger partial charge in [0.15, 0.2) is 0 Å². The van der Waals surface area contributed by atoms with Crippen molar-refractivity contribution in [3.05, 3.63) is 28.8 Å². The van der Waals surface area contributed by atoms with Gasteiger partial charge in [0.1, 0.15) is 15.9 Å². The summed E-state index contributed by atoms with van der Waals surface area (Å²) in [5.41, 5.74) is 7.78. The Hall–Kier alpha value is -1.07. The minimum Gasteiger partial charge on any atom is -0.397 e. The molecule has 18 heavy (non-hydrogen) atoms. The third-order valence-electron chi connectivity index (χ3n) is 3.59. The van der Waals surface area contributed by atoms with Gasteiger partial charge >= 0.3 is 0 Å². The first-order valence-corrected chi connectivity index (χ1v) is 7.19. The fourth-order valence-electron chi connectivity index (χ4n) is 2.67. The van der Waals surface area contributed by atoms with E-state index in [0.29, 0.717) is 5.92 Å². The highest BCUT2D eigenvalue weighted by Crippen LogP contribution is 2.30. The van der Waals surface area contributed by atoms with E-state index < -0.39 is 0 Å². The molecular formula is C13H17BrN4. The molecule has 2 aromatic heterocycles.